The van der Waals surface area contributed by atoms with Crippen molar-refractivity contribution in [3.63, 3.8) is 0 Å². The highest BCUT2D eigenvalue weighted by Crippen LogP contribution is 2.44. The van der Waals surface area contributed by atoms with E-state index in [9.17, 15) is 0 Å². The molecule has 11 aromatic rings. The Balaban J connectivity index is 1.18. The van der Waals surface area contributed by atoms with Crippen LogP contribution in [-0.2, 0) is 0 Å². The summed E-state index contributed by atoms with van der Waals surface area (Å²) < 4.78 is 13.1. The van der Waals surface area contributed by atoms with Gasteiger partial charge in [0.05, 0.1) is 0 Å². The van der Waals surface area contributed by atoms with Gasteiger partial charge in [-0.05, 0) is 51.4 Å². The summed E-state index contributed by atoms with van der Waals surface area (Å²) in [5.41, 5.74) is 7.99. The van der Waals surface area contributed by atoms with Gasteiger partial charge >= 0.3 is 0 Å². The Kier molecular flexibility index (Phi) is 6.18. The first-order valence-electron chi connectivity index (χ1n) is 17.4. The molecule has 0 radical (unpaired) electrons. The summed E-state index contributed by atoms with van der Waals surface area (Å²) >= 11 is 0. The molecule has 242 valence electrons. The Bertz CT molecular complexity index is 3190. The summed E-state index contributed by atoms with van der Waals surface area (Å²) in [5.74, 6) is 1.79. The molecule has 8 aromatic carbocycles. The monoisotopic (exact) mass is 665 g/mol. The van der Waals surface area contributed by atoms with Crippen molar-refractivity contribution in [3.8, 4) is 45.3 Å². The number of benzene rings is 8. The topological polar surface area (TPSA) is 65.0 Å². The van der Waals surface area contributed by atoms with Crippen LogP contribution < -0.4 is 0 Å². The van der Waals surface area contributed by atoms with Crippen molar-refractivity contribution in [2.75, 3.05) is 0 Å². The first kappa shape index (κ1) is 28.7. The van der Waals surface area contributed by atoms with E-state index in [1.54, 1.807) is 0 Å². The number of furan rings is 2. The molecule has 52 heavy (non-hydrogen) atoms. The van der Waals surface area contributed by atoms with Gasteiger partial charge in [0.15, 0.2) is 17.5 Å². The minimum absolute atomic E-state index is 0.576. The molecule has 0 bridgehead atoms. The first-order valence-corrected chi connectivity index (χ1v) is 17.4. The van der Waals surface area contributed by atoms with E-state index in [-0.39, 0.29) is 0 Å². The van der Waals surface area contributed by atoms with Crippen LogP contribution in [0.1, 0.15) is 0 Å². The SMILES string of the molecule is c1ccc(-c2nc(-c3ccc4ccc5ccccc5c4c3)nc(-c3cccc4oc5cccc(-c6cccc7c6oc6ccccc67)c5c34)n2)cc1. The van der Waals surface area contributed by atoms with Crippen molar-refractivity contribution in [3.05, 3.63) is 164 Å². The van der Waals surface area contributed by atoms with E-state index < -0.39 is 0 Å². The molecule has 5 heteroatoms. The number of hydrogen-bond acceptors (Lipinski definition) is 5. The highest BCUT2D eigenvalue weighted by molar-refractivity contribution is 6.20. The van der Waals surface area contributed by atoms with Crippen LogP contribution >= 0.6 is 0 Å². The molecule has 0 saturated heterocycles. The zero-order valence-electron chi connectivity index (χ0n) is 27.7. The van der Waals surface area contributed by atoms with Crippen molar-refractivity contribution >= 4 is 65.4 Å². The van der Waals surface area contributed by atoms with Gasteiger partial charge in [-0.25, -0.2) is 15.0 Å². The predicted octanol–water partition coefficient (Wildman–Crippen LogP) is 12.6. The fourth-order valence-electron chi connectivity index (χ4n) is 7.72. The number of rotatable bonds is 4. The maximum absolute atomic E-state index is 6.56. The number of fused-ring (bicyclic) bond motifs is 9. The Morgan fingerprint density at radius 1 is 0.327 bits per heavy atom. The van der Waals surface area contributed by atoms with E-state index >= 15 is 0 Å². The second kappa shape index (κ2) is 11.2. The Hall–Kier alpha value is -7.11. The lowest BCUT2D eigenvalue weighted by Gasteiger charge is -2.11. The average molecular weight is 666 g/mol. The molecule has 3 aromatic heterocycles. The molecule has 0 saturated carbocycles. The fourth-order valence-corrected chi connectivity index (χ4v) is 7.72. The third-order valence-corrected chi connectivity index (χ3v) is 10.1. The molecular formula is C47H27N3O2. The van der Waals surface area contributed by atoms with Crippen molar-refractivity contribution < 1.29 is 8.83 Å². The van der Waals surface area contributed by atoms with Crippen LogP contribution in [0.2, 0.25) is 0 Å². The molecule has 0 aliphatic rings. The highest BCUT2D eigenvalue weighted by Gasteiger charge is 2.22. The predicted molar refractivity (Wildman–Crippen MR) is 211 cm³/mol. The number of para-hydroxylation sites is 2. The van der Waals surface area contributed by atoms with Gasteiger partial charge in [-0.2, -0.15) is 0 Å². The maximum atomic E-state index is 6.56. The largest absolute Gasteiger partial charge is 0.456 e. The summed E-state index contributed by atoms with van der Waals surface area (Å²) in [7, 11) is 0. The van der Waals surface area contributed by atoms with Gasteiger partial charge in [0.2, 0.25) is 0 Å². The average Bonchev–Trinajstić information content (AvgIpc) is 3.80. The molecule has 0 aliphatic heterocycles. The van der Waals surface area contributed by atoms with Crippen molar-refractivity contribution in [2.24, 2.45) is 0 Å². The third-order valence-electron chi connectivity index (χ3n) is 10.1. The molecular weight excluding hydrogens is 639 g/mol. The van der Waals surface area contributed by atoms with E-state index in [1.807, 2.05) is 72.8 Å². The lowest BCUT2D eigenvalue weighted by atomic mass is 9.95. The van der Waals surface area contributed by atoms with Gasteiger partial charge in [0.25, 0.3) is 0 Å². The van der Waals surface area contributed by atoms with Crippen LogP contribution in [0.25, 0.3) is 111 Å². The summed E-state index contributed by atoms with van der Waals surface area (Å²) in [6.07, 6.45) is 0. The normalized spacial score (nSPS) is 11.8. The summed E-state index contributed by atoms with van der Waals surface area (Å²) in [6, 6.07) is 56.2. The van der Waals surface area contributed by atoms with E-state index in [0.29, 0.717) is 17.5 Å². The number of hydrogen-bond donors (Lipinski definition) is 0. The second-order valence-electron chi connectivity index (χ2n) is 13.1. The van der Waals surface area contributed by atoms with Crippen molar-refractivity contribution in [1.82, 2.24) is 15.0 Å². The third kappa shape index (κ3) is 4.39. The first-order chi connectivity index (χ1) is 25.8. The molecule has 0 atom stereocenters. The molecule has 5 nitrogen and oxygen atoms in total. The summed E-state index contributed by atoms with van der Waals surface area (Å²) in [4.78, 5) is 15.4. The van der Waals surface area contributed by atoms with Crippen molar-refractivity contribution in [2.45, 2.75) is 0 Å². The summed E-state index contributed by atoms with van der Waals surface area (Å²) in [5, 5.41) is 8.83. The van der Waals surface area contributed by atoms with E-state index in [2.05, 4.69) is 91.0 Å². The van der Waals surface area contributed by atoms with Gasteiger partial charge in [-0.1, -0.05) is 140 Å². The van der Waals surface area contributed by atoms with Crippen LogP contribution in [0.3, 0.4) is 0 Å². The summed E-state index contributed by atoms with van der Waals surface area (Å²) in [6.45, 7) is 0. The minimum atomic E-state index is 0.576. The Morgan fingerprint density at radius 3 is 1.75 bits per heavy atom. The number of aromatic nitrogens is 3. The molecule has 11 rings (SSSR count). The van der Waals surface area contributed by atoms with E-state index in [0.717, 1.165) is 77.1 Å². The smallest absolute Gasteiger partial charge is 0.164 e. The van der Waals surface area contributed by atoms with Gasteiger partial charge in [-0.3, -0.25) is 0 Å². The van der Waals surface area contributed by atoms with Gasteiger partial charge < -0.3 is 8.83 Å². The minimum Gasteiger partial charge on any atom is -0.456 e. The zero-order valence-corrected chi connectivity index (χ0v) is 27.7. The Morgan fingerprint density at radius 2 is 0.904 bits per heavy atom. The molecule has 0 aliphatic carbocycles. The van der Waals surface area contributed by atoms with E-state index in [1.165, 1.54) is 16.2 Å². The molecule has 3 heterocycles. The van der Waals surface area contributed by atoms with Crippen LogP contribution in [0.15, 0.2) is 173 Å². The van der Waals surface area contributed by atoms with Gasteiger partial charge in [-0.15, -0.1) is 0 Å². The van der Waals surface area contributed by atoms with Crippen LogP contribution in [-0.4, -0.2) is 15.0 Å². The van der Waals surface area contributed by atoms with Crippen LogP contribution in [0.4, 0.5) is 0 Å². The molecule has 0 unspecified atom stereocenters. The lowest BCUT2D eigenvalue weighted by Crippen LogP contribution is -2.00. The van der Waals surface area contributed by atoms with Crippen molar-refractivity contribution in [1.29, 1.82) is 0 Å². The Labute approximate surface area is 297 Å². The van der Waals surface area contributed by atoms with Gasteiger partial charge in [0, 0.05) is 43.8 Å². The number of nitrogens with zero attached hydrogens (tertiary/aromatic N) is 3. The lowest BCUT2D eigenvalue weighted by molar-refractivity contribution is 0.668. The molecule has 0 amide bonds. The van der Waals surface area contributed by atoms with E-state index in [4.69, 9.17) is 23.8 Å². The zero-order chi connectivity index (χ0) is 34.2. The second-order valence-corrected chi connectivity index (χ2v) is 13.1. The molecule has 0 spiro atoms. The molecule has 0 N–H and O–H groups in total. The van der Waals surface area contributed by atoms with Crippen LogP contribution in [0, 0.1) is 0 Å². The van der Waals surface area contributed by atoms with Gasteiger partial charge in [0.1, 0.15) is 22.3 Å². The molecule has 0 fully saturated rings. The fraction of sp³-hybridized carbons (Fsp3) is 0. The standard InChI is InChI=1S/C47H27N3O2/c1-2-12-30(13-3-1)45-48-46(31-26-25-29-24-23-28-11-4-5-14-32(28)38(29)27-31)50-47(49-45)37-19-10-22-41-43(37)42-34(16-9-21-40(42)51-41)36-18-8-17-35-33-15-6-7-20-39(33)52-44(35)36/h1-27H. The highest BCUT2D eigenvalue weighted by atomic mass is 16.3. The maximum Gasteiger partial charge on any atom is 0.164 e. The van der Waals surface area contributed by atoms with Crippen LogP contribution in [0.5, 0.6) is 0 Å². The quantitative estimate of drug-likeness (QED) is 0.175.